The van der Waals surface area contributed by atoms with Crippen LogP contribution in [0.1, 0.15) is 12.5 Å². The first-order valence-electron chi connectivity index (χ1n) is 7.69. The highest BCUT2D eigenvalue weighted by Crippen LogP contribution is 2.35. The van der Waals surface area contributed by atoms with Gasteiger partial charge in [0.25, 0.3) is 15.9 Å². The van der Waals surface area contributed by atoms with E-state index in [0.717, 1.165) is 0 Å². The van der Waals surface area contributed by atoms with Crippen molar-refractivity contribution >= 4 is 44.0 Å². The maximum absolute atomic E-state index is 12.8. The predicted molar refractivity (Wildman–Crippen MR) is 99.8 cm³/mol. The Labute approximate surface area is 156 Å². The Balaban J connectivity index is 1.82. The van der Waals surface area contributed by atoms with Crippen LogP contribution in [0, 0.1) is 0 Å². The molecule has 0 fully saturated rings. The fourth-order valence-electron chi connectivity index (χ4n) is 2.67. The molecule has 0 atom stereocenters. The van der Waals surface area contributed by atoms with Crippen LogP contribution in [0.4, 0.5) is 5.69 Å². The minimum atomic E-state index is -4.09. The summed E-state index contributed by atoms with van der Waals surface area (Å²) < 4.78 is 26.2. The van der Waals surface area contributed by atoms with Crippen molar-refractivity contribution in [3.05, 3.63) is 70.8 Å². The van der Waals surface area contributed by atoms with Crippen molar-refractivity contribution in [3.8, 4) is 0 Å². The molecule has 0 unspecified atom stereocenters. The summed E-state index contributed by atoms with van der Waals surface area (Å²) in [6, 6.07) is 14.7. The van der Waals surface area contributed by atoms with E-state index in [1.165, 1.54) is 6.92 Å². The van der Waals surface area contributed by atoms with Crippen LogP contribution < -0.4 is 5.32 Å². The van der Waals surface area contributed by atoms with E-state index in [4.69, 9.17) is 11.6 Å². The van der Waals surface area contributed by atoms with Gasteiger partial charge in [0.1, 0.15) is 11.4 Å². The molecule has 0 aromatic heterocycles. The molecular weight excluding hydrogens is 376 g/mol. The molecule has 1 aliphatic rings. The summed E-state index contributed by atoms with van der Waals surface area (Å²) in [7, 11) is -4.09. The summed E-state index contributed by atoms with van der Waals surface area (Å²) >= 11 is 5.78. The summed E-state index contributed by atoms with van der Waals surface area (Å²) in [6.45, 7) is 0.844. The van der Waals surface area contributed by atoms with Gasteiger partial charge in [-0.3, -0.25) is 9.59 Å². The summed E-state index contributed by atoms with van der Waals surface area (Å²) in [4.78, 5) is 24.6. The molecule has 0 bridgehead atoms. The van der Waals surface area contributed by atoms with E-state index < -0.39 is 28.4 Å². The normalized spacial score (nSPS) is 16.1. The Morgan fingerprint density at radius 3 is 2.31 bits per heavy atom. The number of carbonyl (C=O) groups is 2. The summed E-state index contributed by atoms with van der Waals surface area (Å²) in [6.07, 6.45) is 0. The van der Waals surface area contributed by atoms with Crippen LogP contribution in [-0.4, -0.2) is 31.1 Å². The van der Waals surface area contributed by atoms with Crippen molar-refractivity contribution in [3.63, 3.8) is 0 Å². The fourth-order valence-corrected chi connectivity index (χ4v) is 4.57. The lowest BCUT2D eigenvalue weighted by atomic mass is 10.1. The zero-order chi connectivity index (χ0) is 18.9. The van der Waals surface area contributed by atoms with Gasteiger partial charge in [0, 0.05) is 16.3 Å². The van der Waals surface area contributed by atoms with Crippen LogP contribution >= 0.6 is 11.6 Å². The number of sulfonamides is 1. The Kier molecular flexibility index (Phi) is 4.84. The second-order valence-corrected chi connectivity index (χ2v) is 7.93. The number of benzene rings is 2. The summed E-state index contributed by atoms with van der Waals surface area (Å²) in [5.41, 5.74) is 0.964. The number of nitrogens with one attached hydrogen (secondary N) is 1. The van der Waals surface area contributed by atoms with E-state index in [1.807, 2.05) is 0 Å². The molecule has 1 N–H and O–H groups in total. The highest BCUT2D eigenvalue weighted by atomic mass is 35.5. The van der Waals surface area contributed by atoms with Crippen LogP contribution in [0.15, 0.2) is 60.2 Å². The molecule has 6 nitrogen and oxygen atoms in total. The SMILES string of the molecule is CC1=C(c2ccccc2)S(=O)(=O)N(CC(=O)Nc2ccc(Cl)cc2)C1=O. The van der Waals surface area contributed by atoms with E-state index in [9.17, 15) is 18.0 Å². The molecule has 0 radical (unpaired) electrons. The van der Waals surface area contributed by atoms with Crippen molar-refractivity contribution in [1.82, 2.24) is 4.31 Å². The lowest BCUT2D eigenvalue weighted by Crippen LogP contribution is -2.38. The van der Waals surface area contributed by atoms with Crippen LogP contribution in [0.2, 0.25) is 5.02 Å². The quantitative estimate of drug-likeness (QED) is 0.870. The Hall–Kier alpha value is -2.64. The van der Waals surface area contributed by atoms with Gasteiger partial charge in [0.05, 0.1) is 0 Å². The molecule has 0 saturated carbocycles. The van der Waals surface area contributed by atoms with Gasteiger partial charge < -0.3 is 5.32 Å². The number of hydrogen-bond acceptors (Lipinski definition) is 4. The smallest absolute Gasteiger partial charge is 0.268 e. The Morgan fingerprint density at radius 2 is 1.69 bits per heavy atom. The molecule has 1 heterocycles. The van der Waals surface area contributed by atoms with Crippen LogP contribution in [0.3, 0.4) is 0 Å². The van der Waals surface area contributed by atoms with Gasteiger partial charge in [0.2, 0.25) is 5.91 Å². The first-order chi connectivity index (χ1) is 12.3. The van der Waals surface area contributed by atoms with Crippen molar-refractivity contribution in [2.75, 3.05) is 11.9 Å². The molecule has 3 rings (SSSR count). The maximum Gasteiger partial charge on any atom is 0.268 e. The lowest BCUT2D eigenvalue weighted by Gasteiger charge is -2.16. The molecular formula is C18H15ClN2O4S. The molecule has 2 aromatic carbocycles. The van der Waals surface area contributed by atoms with E-state index in [1.54, 1.807) is 54.6 Å². The molecule has 1 aliphatic heterocycles. The van der Waals surface area contributed by atoms with Gasteiger partial charge in [-0.05, 0) is 36.8 Å². The van der Waals surface area contributed by atoms with Gasteiger partial charge in [0.15, 0.2) is 0 Å². The Bertz CT molecular complexity index is 999. The molecule has 2 aromatic rings. The standard InChI is InChI=1S/C18H15ClN2O4S/c1-12-17(13-5-3-2-4-6-13)26(24,25)21(18(12)23)11-16(22)20-15-9-7-14(19)8-10-15/h2-10H,11H2,1H3,(H,20,22). The third-order valence-corrected chi connectivity index (χ3v) is 6.07. The van der Waals surface area contributed by atoms with Crippen LogP contribution in [-0.2, 0) is 19.6 Å². The minimum absolute atomic E-state index is 0.0672. The number of halogens is 1. The minimum Gasteiger partial charge on any atom is -0.325 e. The van der Waals surface area contributed by atoms with Crippen LogP contribution in [0.25, 0.3) is 4.91 Å². The number of anilines is 1. The van der Waals surface area contributed by atoms with Gasteiger partial charge in [-0.1, -0.05) is 41.9 Å². The average Bonchev–Trinajstić information content (AvgIpc) is 2.77. The van der Waals surface area contributed by atoms with E-state index >= 15 is 0 Å². The third kappa shape index (κ3) is 3.36. The topological polar surface area (TPSA) is 83.6 Å². The summed E-state index contributed by atoms with van der Waals surface area (Å²) in [5, 5.41) is 3.06. The highest BCUT2D eigenvalue weighted by Gasteiger charge is 2.43. The second kappa shape index (κ2) is 6.93. The zero-order valence-electron chi connectivity index (χ0n) is 13.8. The zero-order valence-corrected chi connectivity index (χ0v) is 15.3. The van der Waals surface area contributed by atoms with E-state index in [2.05, 4.69) is 5.32 Å². The maximum atomic E-state index is 12.8. The summed E-state index contributed by atoms with van der Waals surface area (Å²) in [5.74, 6) is -1.32. The van der Waals surface area contributed by atoms with E-state index in [0.29, 0.717) is 20.6 Å². The van der Waals surface area contributed by atoms with Gasteiger partial charge in [-0.25, -0.2) is 12.7 Å². The fraction of sp³-hybridized carbons (Fsp3) is 0.111. The second-order valence-electron chi connectivity index (χ2n) is 5.69. The molecule has 26 heavy (non-hydrogen) atoms. The molecule has 0 spiro atoms. The molecule has 2 amide bonds. The molecule has 0 saturated heterocycles. The molecule has 0 aliphatic carbocycles. The first kappa shape index (κ1) is 18.2. The molecule has 134 valence electrons. The number of rotatable bonds is 4. The largest absolute Gasteiger partial charge is 0.325 e. The molecule has 8 heteroatoms. The van der Waals surface area contributed by atoms with E-state index in [-0.39, 0.29) is 10.5 Å². The first-order valence-corrected chi connectivity index (χ1v) is 9.51. The Morgan fingerprint density at radius 1 is 1.08 bits per heavy atom. The number of carbonyl (C=O) groups excluding carboxylic acids is 2. The number of amides is 2. The van der Waals surface area contributed by atoms with Gasteiger partial charge in [-0.15, -0.1) is 0 Å². The monoisotopic (exact) mass is 390 g/mol. The van der Waals surface area contributed by atoms with Crippen molar-refractivity contribution in [2.24, 2.45) is 0 Å². The number of hydrogen-bond donors (Lipinski definition) is 1. The number of nitrogens with zero attached hydrogens (tertiary/aromatic N) is 1. The van der Waals surface area contributed by atoms with Gasteiger partial charge in [-0.2, -0.15) is 0 Å². The van der Waals surface area contributed by atoms with Crippen molar-refractivity contribution < 1.29 is 18.0 Å². The average molecular weight is 391 g/mol. The van der Waals surface area contributed by atoms with Crippen molar-refractivity contribution in [2.45, 2.75) is 6.92 Å². The van der Waals surface area contributed by atoms with Crippen molar-refractivity contribution in [1.29, 1.82) is 0 Å². The third-order valence-electron chi connectivity index (χ3n) is 3.89. The van der Waals surface area contributed by atoms with Crippen LogP contribution in [0.5, 0.6) is 0 Å². The predicted octanol–water partition coefficient (Wildman–Crippen LogP) is 2.88. The lowest BCUT2D eigenvalue weighted by molar-refractivity contribution is -0.126. The van der Waals surface area contributed by atoms with Gasteiger partial charge >= 0.3 is 0 Å². The highest BCUT2D eigenvalue weighted by molar-refractivity contribution is 7.99.